The minimum absolute atomic E-state index is 0.504. The van der Waals surface area contributed by atoms with E-state index in [1.165, 1.54) is 49.7 Å². The Bertz CT molecular complexity index is 408. The minimum atomic E-state index is 0.504. The first kappa shape index (κ1) is 15.4. The Morgan fingerprint density at radius 2 is 1.90 bits per heavy atom. The molecule has 2 nitrogen and oxygen atoms in total. The van der Waals surface area contributed by atoms with E-state index in [-0.39, 0.29) is 0 Å². The molecule has 1 N–H and O–H groups in total. The molecule has 1 unspecified atom stereocenters. The van der Waals surface area contributed by atoms with E-state index in [0.717, 1.165) is 18.2 Å². The molecule has 0 spiro atoms. The topological polar surface area (TPSA) is 21.3 Å². The van der Waals surface area contributed by atoms with Crippen molar-refractivity contribution in [3.8, 4) is 5.75 Å². The molecule has 0 amide bonds. The van der Waals surface area contributed by atoms with Crippen molar-refractivity contribution in [2.45, 2.75) is 58.4 Å². The smallest absolute Gasteiger partial charge is 0.119 e. The second-order valence-electron chi connectivity index (χ2n) is 6.01. The number of hydrogen-bond donors (Lipinski definition) is 1. The molecule has 1 aliphatic rings. The summed E-state index contributed by atoms with van der Waals surface area (Å²) in [5.74, 6) is 1.74. The van der Waals surface area contributed by atoms with Crippen LogP contribution < -0.4 is 10.1 Å². The molecular formula is C18H29NO. The van der Waals surface area contributed by atoms with Gasteiger partial charge in [0.2, 0.25) is 0 Å². The quantitative estimate of drug-likeness (QED) is 0.791. The van der Waals surface area contributed by atoms with Gasteiger partial charge in [0.15, 0.2) is 0 Å². The average molecular weight is 275 g/mol. The molecule has 1 aliphatic carbocycles. The van der Waals surface area contributed by atoms with E-state index >= 15 is 0 Å². The maximum absolute atomic E-state index is 5.33. The highest BCUT2D eigenvalue weighted by molar-refractivity contribution is 5.37. The summed E-state index contributed by atoms with van der Waals surface area (Å²) in [5, 5.41) is 3.73. The lowest BCUT2D eigenvalue weighted by Crippen LogP contribution is -2.28. The fourth-order valence-corrected chi connectivity index (χ4v) is 3.52. The summed E-state index contributed by atoms with van der Waals surface area (Å²) in [4.78, 5) is 0. The van der Waals surface area contributed by atoms with Crippen molar-refractivity contribution in [2.24, 2.45) is 5.92 Å². The number of methoxy groups -OCH3 is 1. The molecule has 0 heterocycles. The molecule has 0 aromatic heterocycles. The van der Waals surface area contributed by atoms with Gasteiger partial charge in [-0.25, -0.2) is 0 Å². The third kappa shape index (κ3) is 3.76. The zero-order valence-corrected chi connectivity index (χ0v) is 13.2. The molecule has 2 rings (SSSR count). The van der Waals surface area contributed by atoms with Crippen LogP contribution in [0.5, 0.6) is 5.75 Å². The van der Waals surface area contributed by atoms with Crippen LogP contribution in [0.1, 0.15) is 62.6 Å². The zero-order chi connectivity index (χ0) is 14.4. The van der Waals surface area contributed by atoms with Crippen LogP contribution in [-0.4, -0.2) is 13.7 Å². The van der Waals surface area contributed by atoms with Crippen LogP contribution in [0.15, 0.2) is 18.2 Å². The van der Waals surface area contributed by atoms with Crippen molar-refractivity contribution in [2.75, 3.05) is 13.7 Å². The molecule has 1 saturated carbocycles. The van der Waals surface area contributed by atoms with Crippen LogP contribution >= 0.6 is 0 Å². The van der Waals surface area contributed by atoms with Gasteiger partial charge in [0.05, 0.1) is 7.11 Å². The third-order valence-corrected chi connectivity index (χ3v) is 4.61. The highest BCUT2D eigenvalue weighted by Crippen LogP contribution is 2.35. The van der Waals surface area contributed by atoms with Crippen LogP contribution in [0.4, 0.5) is 0 Å². The molecule has 1 atom stereocenters. The fraction of sp³-hybridized carbons (Fsp3) is 0.667. The first-order valence-electron chi connectivity index (χ1n) is 8.14. The highest BCUT2D eigenvalue weighted by atomic mass is 16.5. The molecule has 2 heteroatoms. The lowest BCUT2D eigenvalue weighted by Gasteiger charge is -2.29. The molecule has 0 radical (unpaired) electrons. The minimum Gasteiger partial charge on any atom is -0.497 e. The summed E-state index contributed by atoms with van der Waals surface area (Å²) >= 11 is 0. The predicted octanol–water partition coefficient (Wildman–Crippen LogP) is 4.62. The molecule has 1 aromatic carbocycles. The van der Waals surface area contributed by atoms with E-state index in [2.05, 4.69) is 37.4 Å². The molecule has 20 heavy (non-hydrogen) atoms. The van der Waals surface area contributed by atoms with E-state index in [1.807, 2.05) is 0 Å². The Labute approximate surface area is 123 Å². The Hall–Kier alpha value is -1.02. The summed E-state index contributed by atoms with van der Waals surface area (Å²) in [6.45, 7) is 5.45. The standard InChI is InChI=1S/C18H29NO/c1-4-19-18(15-9-7-5-6-8-10-15)17-12-11-16(20-3)13-14(17)2/h11-13,15,18-19H,4-10H2,1-3H3. The maximum atomic E-state index is 5.33. The van der Waals surface area contributed by atoms with Gasteiger partial charge in [-0.1, -0.05) is 38.7 Å². The van der Waals surface area contributed by atoms with Crippen molar-refractivity contribution in [1.29, 1.82) is 0 Å². The van der Waals surface area contributed by atoms with Crippen molar-refractivity contribution >= 4 is 0 Å². The van der Waals surface area contributed by atoms with E-state index in [9.17, 15) is 0 Å². The lowest BCUT2D eigenvalue weighted by atomic mass is 9.85. The number of hydrogen-bond acceptors (Lipinski definition) is 2. The summed E-state index contributed by atoms with van der Waals surface area (Å²) in [6, 6.07) is 7.02. The summed E-state index contributed by atoms with van der Waals surface area (Å²) < 4.78 is 5.33. The number of ether oxygens (including phenoxy) is 1. The van der Waals surface area contributed by atoms with Crippen LogP contribution in [0.3, 0.4) is 0 Å². The Kier molecular flexibility index (Phi) is 5.90. The van der Waals surface area contributed by atoms with Gasteiger partial charge in [0.1, 0.15) is 5.75 Å². The summed E-state index contributed by atoms with van der Waals surface area (Å²) in [7, 11) is 1.74. The van der Waals surface area contributed by atoms with Crippen LogP contribution in [0.25, 0.3) is 0 Å². The van der Waals surface area contributed by atoms with Crippen LogP contribution in [0, 0.1) is 12.8 Å². The normalized spacial score (nSPS) is 18.6. The van der Waals surface area contributed by atoms with Gasteiger partial charge in [-0.15, -0.1) is 0 Å². The van der Waals surface area contributed by atoms with E-state index in [1.54, 1.807) is 7.11 Å². The monoisotopic (exact) mass is 275 g/mol. The Morgan fingerprint density at radius 1 is 1.20 bits per heavy atom. The summed E-state index contributed by atoms with van der Waals surface area (Å²) in [6.07, 6.45) is 8.34. The van der Waals surface area contributed by atoms with E-state index in [0.29, 0.717) is 6.04 Å². The van der Waals surface area contributed by atoms with Crippen LogP contribution in [-0.2, 0) is 0 Å². The van der Waals surface area contributed by atoms with Gasteiger partial charge in [0, 0.05) is 6.04 Å². The summed E-state index contributed by atoms with van der Waals surface area (Å²) in [5.41, 5.74) is 2.80. The number of aryl methyl sites for hydroxylation is 1. The number of benzene rings is 1. The van der Waals surface area contributed by atoms with Gasteiger partial charge in [-0.2, -0.15) is 0 Å². The fourth-order valence-electron chi connectivity index (χ4n) is 3.52. The molecule has 0 aliphatic heterocycles. The predicted molar refractivity (Wildman–Crippen MR) is 85.3 cm³/mol. The van der Waals surface area contributed by atoms with Gasteiger partial charge in [-0.05, 0) is 55.5 Å². The maximum Gasteiger partial charge on any atom is 0.119 e. The molecule has 1 fully saturated rings. The lowest BCUT2D eigenvalue weighted by molar-refractivity contribution is 0.328. The SMILES string of the molecule is CCNC(c1ccc(OC)cc1C)C1CCCCCC1. The second kappa shape index (κ2) is 7.68. The largest absolute Gasteiger partial charge is 0.497 e. The third-order valence-electron chi connectivity index (χ3n) is 4.61. The van der Waals surface area contributed by atoms with Crippen molar-refractivity contribution in [3.05, 3.63) is 29.3 Å². The molecule has 0 bridgehead atoms. The van der Waals surface area contributed by atoms with Crippen molar-refractivity contribution in [3.63, 3.8) is 0 Å². The first-order chi connectivity index (χ1) is 9.76. The number of nitrogens with one attached hydrogen (secondary N) is 1. The van der Waals surface area contributed by atoms with Gasteiger partial charge in [-0.3, -0.25) is 0 Å². The molecule has 1 aromatic rings. The zero-order valence-electron chi connectivity index (χ0n) is 13.2. The van der Waals surface area contributed by atoms with Gasteiger partial charge < -0.3 is 10.1 Å². The van der Waals surface area contributed by atoms with E-state index < -0.39 is 0 Å². The van der Waals surface area contributed by atoms with Crippen molar-refractivity contribution in [1.82, 2.24) is 5.32 Å². The van der Waals surface area contributed by atoms with Gasteiger partial charge in [0.25, 0.3) is 0 Å². The first-order valence-corrected chi connectivity index (χ1v) is 8.14. The Balaban J connectivity index is 2.22. The second-order valence-corrected chi connectivity index (χ2v) is 6.01. The average Bonchev–Trinajstić information content (AvgIpc) is 2.74. The molecular weight excluding hydrogens is 246 g/mol. The Morgan fingerprint density at radius 3 is 2.45 bits per heavy atom. The van der Waals surface area contributed by atoms with Crippen LogP contribution in [0.2, 0.25) is 0 Å². The van der Waals surface area contributed by atoms with E-state index in [4.69, 9.17) is 4.74 Å². The van der Waals surface area contributed by atoms with Gasteiger partial charge >= 0.3 is 0 Å². The number of rotatable bonds is 5. The van der Waals surface area contributed by atoms with Crippen molar-refractivity contribution < 1.29 is 4.74 Å². The molecule has 0 saturated heterocycles. The highest BCUT2D eigenvalue weighted by Gasteiger charge is 2.24. The molecule has 112 valence electrons.